The molecule has 0 aliphatic heterocycles. The summed E-state index contributed by atoms with van der Waals surface area (Å²) in [5.41, 5.74) is 5.34. The molecule has 1 fully saturated rings. The van der Waals surface area contributed by atoms with Crippen LogP contribution < -0.4 is 0 Å². The van der Waals surface area contributed by atoms with Gasteiger partial charge >= 0.3 is 0 Å². The molecule has 0 spiro atoms. The van der Waals surface area contributed by atoms with E-state index in [1.54, 1.807) is 0 Å². The highest BCUT2D eigenvalue weighted by molar-refractivity contribution is 5.64. The first-order chi connectivity index (χ1) is 15.2. The first-order valence-electron chi connectivity index (χ1n) is 12.6. The fraction of sp³-hybridized carbons (Fsp3) is 0.533. The quantitative estimate of drug-likeness (QED) is 0.247. The van der Waals surface area contributed by atoms with Gasteiger partial charge in [-0.25, -0.2) is 0 Å². The molecule has 0 N–H and O–H groups in total. The van der Waals surface area contributed by atoms with Crippen molar-refractivity contribution in [2.75, 3.05) is 7.11 Å². The van der Waals surface area contributed by atoms with Gasteiger partial charge in [-0.3, -0.25) is 0 Å². The monoisotopic (exact) mass is 418 g/mol. The third-order valence-electron chi connectivity index (χ3n) is 7.23. The summed E-state index contributed by atoms with van der Waals surface area (Å²) in [5, 5.41) is 0. The van der Waals surface area contributed by atoms with Gasteiger partial charge in [0, 0.05) is 7.11 Å². The van der Waals surface area contributed by atoms with Crippen LogP contribution in [0.4, 0.5) is 0 Å². The van der Waals surface area contributed by atoms with Crippen molar-refractivity contribution in [3.63, 3.8) is 0 Å². The van der Waals surface area contributed by atoms with Crippen molar-refractivity contribution in [3.05, 3.63) is 72.3 Å². The molecule has 2 aromatic carbocycles. The summed E-state index contributed by atoms with van der Waals surface area (Å²) in [5.74, 6) is 1.75. The molecular weight excluding hydrogens is 376 g/mol. The van der Waals surface area contributed by atoms with E-state index in [4.69, 9.17) is 4.74 Å². The summed E-state index contributed by atoms with van der Waals surface area (Å²) in [7, 11) is 1.82. The van der Waals surface area contributed by atoms with E-state index >= 15 is 0 Å². The Labute approximate surface area is 190 Å². The van der Waals surface area contributed by atoms with Gasteiger partial charge in [0.05, 0.1) is 6.10 Å². The van der Waals surface area contributed by atoms with Crippen LogP contribution in [0.3, 0.4) is 0 Å². The second-order valence-corrected chi connectivity index (χ2v) is 9.45. The summed E-state index contributed by atoms with van der Waals surface area (Å²) in [4.78, 5) is 0. The predicted octanol–water partition coefficient (Wildman–Crippen LogP) is 8.94. The second-order valence-electron chi connectivity index (χ2n) is 9.45. The van der Waals surface area contributed by atoms with Gasteiger partial charge in [-0.15, -0.1) is 6.58 Å². The summed E-state index contributed by atoms with van der Waals surface area (Å²) in [6, 6.07) is 18.1. The SMILES string of the molecule is C=CC1CCC(CCCCc2ccc(-c3ccc(C(CCCC)OC)cc3)cc2)CC1. The van der Waals surface area contributed by atoms with Gasteiger partial charge in [0.25, 0.3) is 0 Å². The van der Waals surface area contributed by atoms with Gasteiger partial charge in [0.2, 0.25) is 0 Å². The molecule has 1 atom stereocenters. The molecule has 31 heavy (non-hydrogen) atoms. The Morgan fingerprint density at radius 2 is 1.55 bits per heavy atom. The number of rotatable bonds is 12. The van der Waals surface area contributed by atoms with E-state index in [0.29, 0.717) is 0 Å². The maximum Gasteiger partial charge on any atom is 0.0821 e. The molecule has 0 radical (unpaired) electrons. The summed E-state index contributed by atoms with van der Waals surface area (Å²) >= 11 is 0. The molecule has 3 rings (SSSR count). The van der Waals surface area contributed by atoms with E-state index in [9.17, 15) is 0 Å². The number of allylic oxidation sites excluding steroid dienone is 1. The first-order valence-corrected chi connectivity index (χ1v) is 12.6. The van der Waals surface area contributed by atoms with Crippen molar-refractivity contribution in [2.45, 2.75) is 83.7 Å². The van der Waals surface area contributed by atoms with E-state index < -0.39 is 0 Å². The molecule has 0 aromatic heterocycles. The maximum atomic E-state index is 5.69. The first kappa shape index (κ1) is 23.8. The smallest absolute Gasteiger partial charge is 0.0821 e. The zero-order chi connectivity index (χ0) is 21.9. The molecule has 0 saturated heterocycles. The van der Waals surface area contributed by atoms with Gasteiger partial charge in [0.1, 0.15) is 0 Å². The van der Waals surface area contributed by atoms with Crippen molar-refractivity contribution in [3.8, 4) is 11.1 Å². The average molecular weight is 419 g/mol. The third-order valence-corrected chi connectivity index (χ3v) is 7.23. The molecule has 0 heterocycles. The van der Waals surface area contributed by atoms with Crippen LogP contribution in [0.2, 0.25) is 0 Å². The van der Waals surface area contributed by atoms with Crippen LogP contribution in [-0.4, -0.2) is 7.11 Å². The number of unbranched alkanes of at least 4 members (excludes halogenated alkanes) is 2. The molecule has 0 amide bonds. The molecule has 1 aliphatic rings. The summed E-state index contributed by atoms with van der Waals surface area (Å²) in [6.45, 7) is 6.19. The van der Waals surface area contributed by atoms with Crippen LogP contribution in [0.25, 0.3) is 11.1 Å². The maximum absolute atomic E-state index is 5.69. The van der Waals surface area contributed by atoms with Crippen molar-refractivity contribution in [1.29, 1.82) is 0 Å². The minimum absolute atomic E-state index is 0.216. The minimum atomic E-state index is 0.216. The number of ether oxygens (including phenoxy) is 1. The van der Waals surface area contributed by atoms with Crippen LogP contribution in [-0.2, 0) is 11.2 Å². The van der Waals surface area contributed by atoms with Gasteiger partial charge in [-0.1, -0.05) is 87.2 Å². The lowest BCUT2D eigenvalue weighted by molar-refractivity contribution is 0.0936. The Morgan fingerprint density at radius 3 is 2.13 bits per heavy atom. The largest absolute Gasteiger partial charge is 0.377 e. The average Bonchev–Trinajstić information content (AvgIpc) is 2.83. The van der Waals surface area contributed by atoms with Gasteiger partial charge in [-0.05, 0) is 79.0 Å². The highest BCUT2D eigenvalue weighted by Gasteiger charge is 2.18. The lowest BCUT2D eigenvalue weighted by Crippen LogP contribution is -2.12. The van der Waals surface area contributed by atoms with Gasteiger partial charge in [0.15, 0.2) is 0 Å². The number of hydrogen-bond donors (Lipinski definition) is 0. The molecular formula is C30H42O. The van der Waals surface area contributed by atoms with Crippen LogP contribution in [0.5, 0.6) is 0 Å². The number of benzene rings is 2. The number of methoxy groups -OCH3 is 1. The van der Waals surface area contributed by atoms with Crippen molar-refractivity contribution >= 4 is 0 Å². The van der Waals surface area contributed by atoms with Gasteiger partial charge in [-0.2, -0.15) is 0 Å². The third kappa shape index (κ3) is 7.35. The van der Waals surface area contributed by atoms with Crippen LogP contribution in [0.1, 0.15) is 88.4 Å². The zero-order valence-electron chi connectivity index (χ0n) is 19.8. The minimum Gasteiger partial charge on any atom is -0.377 e. The molecule has 1 aliphatic carbocycles. The Balaban J connectivity index is 1.44. The highest BCUT2D eigenvalue weighted by atomic mass is 16.5. The Hall–Kier alpha value is -1.86. The van der Waals surface area contributed by atoms with Crippen molar-refractivity contribution in [2.24, 2.45) is 11.8 Å². The second kappa shape index (κ2) is 12.9. The molecule has 1 saturated carbocycles. The van der Waals surface area contributed by atoms with Crippen LogP contribution in [0, 0.1) is 11.8 Å². The van der Waals surface area contributed by atoms with Gasteiger partial charge < -0.3 is 4.74 Å². The van der Waals surface area contributed by atoms with E-state index in [0.717, 1.165) is 18.3 Å². The van der Waals surface area contributed by atoms with Crippen LogP contribution >= 0.6 is 0 Å². The summed E-state index contributed by atoms with van der Waals surface area (Å²) in [6.07, 6.45) is 16.7. The van der Waals surface area contributed by atoms with Crippen molar-refractivity contribution < 1.29 is 4.74 Å². The van der Waals surface area contributed by atoms with E-state index in [-0.39, 0.29) is 6.10 Å². The van der Waals surface area contributed by atoms with E-state index in [2.05, 4.69) is 68.1 Å². The molecule has 1 nitrogen and oxygen atoms in total. The topological polar surface area (TPSA) is 9.23 Å². The summed E-state index contributed by atoms with van der Waals surface area (Å²) < 4.78 is 5.69. The standard InChI is InChI=1S/C30H42O/c1-4-6-11-30(31-3)29-22-20-28(21-23-29)27-18-16-26(17-19-27)10-8-7-9-25-14-12-24(5-2)13-15-25/h5,16-25,30H,2,4,6-15H2,1,3H3. The fourth-order valence-electron chi connectivity index (χ4n) is 5.04. The predicted molar refractivity (Wildman–Crippen MR) is 134 cm³/mol. The number of hydrogen-bond acceptors (Lipinski definition) is 1. The fourth-order valence-corrected chi connectivity index (χ4v) is 5.04. The Morgan fingerprint density at radius 1 is 0.903 bits per heavy atom. The normalized spacial score (nSPS) is 19.8. The van der Waals surface area contributed by atoms with Crippen molar-refractivity contribution in [1.82, 2.24) is 0 Å². The van der Waals surface area contributed by atoms with Crippen LogP contribution in [0.15, 0.2) is 61.2 Å². The lowest BCUT2D eigenvalue weighted by atomic mass is 9.80. The van der Waals surface area contributed by atoms with E-state index in [1.165, 1.54) is 86.5 Å². The lowest BCUT2D eigenvalue weighted by Gasteiger charge is -2.26. The molecule has 168 valence electrons. The zero-order valence-corrected chi connectivity index (χ0v) is 19.8. The Bertz CT molecular complexity index is 750. The molecule has 1 unspecified atom stereocenters. The number of aryl methyl sites for hydroxylation is 1. The Kier molecular flexibility index (Phi) is 9.87. The molecule has 0 bridgehead atoms. The molecule has 2 aromatic rings. The van der Waals surface area contributed by atoms with E-state index in [1.807, 2.05) is 7.11 Å². The molecule has 1 heteroatoms. The highest BCUT2D eigenvalue weighted by Crippen LogP contribution is 2.32.